The number of nitrogens with one attached hydrogen (secondary N) is 2. The number of nitrogens with zero attached hydrogens (tertiary/aromatic N) is 2. The maximum Gasteiger partial charge on any atom is 0.289 e. The molecule has 4 rings (SSSR count). The molecule has 0 bridgehead atoms. The van der Waals surface area contributed by atoms with Crippen LogP contribution in [0.15, 0.2) is 41.5 Å². The van der Waals surface area contributed by atoms with Crippen molar-refractivity contribution < 1.29 is 19.4 Å². The zero-order valence-electron chi connectivity index (χ0n) is 15.3. The van der Waals surface area contributed by atoms with E-state index in [2.05, 4.69) is 20.7 Å². The van der Waals surface area contributed by atoms with Gasteiger partial charge in [-0.05, 0) is 47.5 Å². The minimum absolute atomic E-state index is 0.0351. The second-order valence-corrected chi connectivity index (χ2v) is 6.26. The standard InChI is InChI=1S/C20H18N4O4/c1-27-13-4-5-14-12(8-13)9-15-18(14)22-23-19(15)20(26)24-21-10-11-3-6-16(25)17(7-11)28-2/h3-8,10,25H,9H2,1-2H3,(H,22,23)(H,24,26)/b21-10+. The molecule has 1 aromatic heterocycles. The van der Waals surface area contributed by atoms with Gasteiger partial charge in [0.15, 0.2) is 11.5 Å². The number of methoxy groups -OCH3 is 2. The van der Waals surface area contributed by atoms with Crippen LogP contribution in [0.5, 0.6) is 17.2 Å². The lowest BCUT2D eigenvalue weighted by Gasteiger charge is -2.04. The third kappa shape index (κ3) is 3.05. The summed E-state index contributed by atoms with van der Waals surface area (Å²) in [6, 6.07) is 10.5. The van der Waals surface area contributed by atoms with Gasteiger partial charge in [0, 0.05) is 17.5 Å². The Bertz CT molecular complexity index is 1090. The number of carbonyl (C=O) groups excluding carboxylic acids is 1. The van der Waals surface area contributed by atoms with Gasteiger partial charge < -0.3 is 14.6 Å². The topological polar surface area (TPSA) is 109 Å². The highest BCUT2D eigenvalue weighted by Crippen LogP contribution is 2.38. The number of aromatic amines is 1. The average Bonchev–Trinajstić information content (AvgIpc) is 3.27. The minimum Gasteiger partial charge on any atom is -0.504 e. The summed E-state index contributed by atoms with van der Waals surface area (Å²) in [7, 11) is 3.08. The number of benzene rings is 2. The number of rotatable bonds is 5. The second kappa shape index (κ2) is 7.07. The van der Waals surface area contributed by atoms with Gasteiger partial charge in [0.2, 0.25) is 0 Å². The lowest BCUT2D eigenvalue weighted by Crippen LogP contribution is -2.19. The second-order valence-electron chi connectivity index (χ2n) is 6.26. The summed E-state index contributed by atoms with van der Waals surface area (Å²) in [5.74, 6) is 0.756. The van der Waals surface area contributed by atoms with Crippen LogP contribution >= 0.6 is 0 Å². The van der Waals surface area contributed by atoms with E-state index in [1.807, 2.05) is 18.2 Å². The van der Waals surface area contributed by atoms with Gasteiger partial charge in [-0.1, -0.05) is 0 Å². The van der Waals surface area contributed by atoms with Gasteiger partial charge in [-0.25, -0.2) is 5.43 Å². The zero-order valence-corrected chi connectivity index (χ0v) is 15.3. The number of H-pyrrole nitrogens is 1. The van der Waals surface area contributed by atoms with E-state index in [0.717, 1.165) is 28.1 Å². The van der Waals surface area contributed by atoms with E-state index in [0.29, 0.717) is 23.4 Å². The van der Waals surface area contributed by atoms with Crippen LogP contribution in [0.25, 0.3) is 11.3 Å². The first-order chi connectivity index (χ1) is 13.6. The molecule has 1 heterocycles. The van der Waals surface area contributed by atoms with Crippen molar-refractivity contribution in [3.63, 3.8) is 0 Å². The summed E-state index contributed by atoms with van der Waals surface area (Å²) in [5.41, 5.74) is 7.22. The molecule has 0 unspecified atom stereocenters. The molecule has 28 heavy (non-hydrogen) atoms. The van der Waals surface area contributed by atoms with Crippen molar-refractivity contribution in [1.82, 2.24) is 15.6 Å². The van der Waals surface area contributed by atoms with Crippen molar-refractivity contribution in [2.24, 2.45) is 5.10 Å². The van der Waals surface area contributed by atoms with Crippen LogP contribution in [0.4, 0.5) is 0 Å². The molecule has 142 valence electrons. The lowest BCUT2D eigenvalue weighted by molar-refractivity contribution is 0.0949. The highest BCUT2D eigenvalue weighted by molar-refractivity contribution is 5.97. The molecule has 0 saturated carbocycles. The normalized spacial score (nSPS) is 11.9. The Labute approximate surface area is 160 Å². The molecule has 8 nitrogen and oxygen atoms in total. The van der Waals surface area contributed by atoms with E-state index in [4.69, 9.17) is 9.47 Å². The van der Waals surface area contributed by atoms with E-state index in [1.165, 1.54) is 19.4 Å². The number of phenolic OH excluding ortho intramolecular Hbond substituents is 1. The summed E-state index contributed by atoms with van der Waals surface area (Å²) < 4.78 is 10.3. The quantitative estimate of drug-likeness (QED) is 0.365. The zero-order chi connectivity index (χ0) is 19.7. The van der Waals surface area contributed by atoms with E-state index < -0.39 is 0 Å². The van der Waals surface area contributed by atoms with Gasteiger partial charge >= 0.3 is 0 Å². The monoisotopic (exact) mass is 378 g/mol. The van der Waals surface area contributed by atoms with Gasteiger partial charge in [-0.2, -0.15) is 10.2 Å². The maximum atomic E-state index is 12.5. The number of fused-ring (bicyclic) bond motifs is 3. The number of aromatic hydroxyl groups is 1. The van der Waals surface area contributed by atoms with Crippen LogP contribution in [-0.4, -0.2) is 41.6 Å². The molecule has 3 aromatic rings. The molecule has 1 amide bonds. The molecule has 1 aliphatic rings. The summed E-state index contributed by atoms with van der Waals surface area (Å²) >= 11 is 0. The Balaban J connectivity index is 1.50. The largest absolute Gasteiger partial charge is 0.504 e. The van der Waals surface area contributed by atoms with Crippen molar-refractivity contribution in [3.8, 4) is 28.5 Å². The molecule has 8 heteroatoms. The van der Waals surface area contributed by atoms with Crippen molar-refractivity contribution in [1.29, 1.82) is 0 Å². The molecule has 0 spiro atoms. The highest BCUT2D eigenvalue weighted by atomic mass is 16.5. The highest BCUT2D eigenvalue weighted by Gasteiger charge is 2.27. The summed E-state index contributed by atoms with van der Waals surface area (Å²) in [6.45, 7) is 0. The predicted octanol–water partition coefficient (Wildman–Crippen LogP) is 2.47. The van der Waals surface area contributed by atoms with Crippen LogP contribution < -0.4 is 14.9 Å². The summed E-state index contributed by atoms with van der Waals surface area (Å²) in [6.07, 6.45) is 2.07. The first-order valence-corrected chi connectivity index (χ1v) is 8.55. The van der Waals surface area contributed by atoms with Gasteiger partial charge in [0.25, 0.3) is 5.91 Å². The van der Waals surface area contributed by atoms with Gasteiger partial charge in [-0.15, -0.1) is 0 Å². The Morgan fingerprint density at radius 3 is 2.89 bits per heavy atom. The fraction of sp³-hybridized carbons (Fsp3) is 0.150. The van der Waals surface area contributed by atoms with Gasteiger partial charge in [0.05, 0.1) is 26.1 Å². The number of hydrogen-bond donors (Lipinski definition) is 3. The molecule has 1 aliphatic carbocycles. The van der Waals surface area contributed by atoms with Crippen molar-refractivity contribution in [3.05, 3.63) is 58.8 Å². The fourth-order valence-corrected chi connectivity index (χ4v) is 3.21. The smallest absolute Gasteiger partial charge is 0.289 e. The number of ether oxygens (including phenoxy) is 2. The van der Waals surface area contributed by atoms with Crippen molar-refractivity contribution in [2.75, 3.05) is 14.2 Å². The maximum absolute atomic E-state index is 12.5. The third-order valence-electron chi connectivity index (χ3n) is 4.61. The van der Waals surface area contributed by atoms with Crippen LogP contribution in [0.2, 0.25) is 0 Å². The Hall–Kier alpha value is -3.81. The summed E-state index contributed by atoms with van der Waals surface area (Å²) in [5, 5.41) is 20.7. The Morgan fingerprint density at radius 2 is 2.11 bits per heavy atom. The fourth-order valence-electron chi connectivity index (χ4n) is 3.21. The van der Waals surface area contributed by atoms with Crippen LogP contribution in [0, 0.1) is 0 Å². The number of phenols is 1. The average molecular weight is 378 g/mol. The lowest BCUT2D eigenvalue weighted by atomic mass is 10.1. The molecule has 0 fully saturated rings. The first-order valence-electron chi connectivity index (χ1n) is 8.55. The molecule has 0 radical (unpaired) electrons. The SMILES string of the molecule is COc1ccc2c(c1)Cc1c-2n[nH]c1C(=O)N/N=C/c1ccc(O)c(OC)c1. The number of amides is 1. The van der Waals surface area contributed by atoms with Gasteiger partial charge in [0.1, 0.15) is 11.4 Å². The minimum atomic E-state index is -0.379. The van der Waals surface area contributed by atoms with Crippen LogP contribution in [-0.2, 0) is 6.42 Å². The molecule has 0 aliphatic heterocycles. The van der Waals surface area contributed by atoms with E-state index >= 15 is 0 Å². The molecular formula is C20H18N4O4. The molecule has 0 saturated heterocycles. The number of hydrazone groups is 1. The molecule has 2 aromatic carbocycles. The number of carbonyl (C=O) groups is 1. The molecule has 0 atom stereocenters. The summed E-state index contributed by atoms with van der Waals surface area (Å²) in [4.78, 5) is 12.5. The van der Waals surface area contributed by atoms with Crippen LogP contribution in [0.3, 0.4) is 0 Å². The molecule has 3 N–H and O–H groups in total. The number of hydrogen-bond acceptors (Lipinski definition) is 6. The van der Waals surface area contributed by atoms with Crippen molar-refractivity contribution in [2.45, 2.75) is 6.42 Å². The molecular weight excluding hydrogens is 360 g/mol. The van der Waals surface area contributed by atoms with E-state index in [1.54, 1.807) is 19.2 Å². The van der Waals surface area contributed by atoms with Gasteiger partial charge in [-0.3, -0.25) is 9.89 Å². The van der Waals surface area contributed by atoms with E-state index in [9.17, 15) is 9.90 Å². The first kappa shape index (κ1) is 17.6. The third-order valence-corrected chi connectivity index (χ3v) is 4.61. The van der Waals surface area contributed by atoms with E-state index in [-0.39, 0.29) is 11.7 Å². The van der Waals surface area contributed by atoms with Crippen molar-refractivity contribution >= 4 is 12.1 Å². The Kier molecular flexibility index (Phi) is 4.44. The predicted molar refractivity (Wildman–Crippen MR) is 103 cm³/mol. The number of aromatic nitrogens is 2. The Morgan fingerprint density at radius 1 is 1.25 bits per heavy atom. The van der Waals surface area contributed by atoms with Crippen LogP contribution in [0.1, 0.15) is 27.2 Å².